The molecule has 3 heteroatoms. The number of carboxylic acid groups (broad SMARTS) is 1. The van der Waals surface area contributed by atoms with Crippen molar-refractivity contribution in [2.24, 2.45) is 67.0 Å². The molecule has 1 saturated heterocycles. The van der Waals surface area contributed by atoms with Crippen molar-refractivity contribution in [2.75, 3.05) is 6.61 Å². The summed E-state index contributed by atoms with van der Waals surface area (Å²) in [5.74, 6) is 2.81. The Morgan fingerprint density at radius 3 is 1.81 bits per heavy atom. The standard InChI is InChI=1S/C35H58O.C4H6O2/c1-28(2)23-13-16-31(7,26(28)20-23)32(8)17-14-25-22-35(32,30(25,5)6)33(9)18-15-24-21-34(33,29(24,3)4)27-12-10-11-19-36-27;1-3(2)4(5)6/h23-27H,10-22H2,1-9H3;1H2,2H3,(H,5,6). The average molecular weight is 581 g/mol. The monoisotopic (exact) mass is 580 g/mol. The van der Waals surface area contributed by atoms with Crippen LogP contribution in [0.1, 0.15) is 146 Å². The molecular weight excluding hydrogens is 516 g/mol. The highest BCUT2D eigenvalue weighted by atomic mass is 16.5. The second-order valence-corrected chi connectivity index (χ2v) is 19.1. The Hall–Kier alpha value is -0.830. The topological polar surface area (TPSA) is 46.5 Å². The zero-order valence-electron chi connectivity index (χ0n) is 29.0. The van der Waals surface area contributed by atoms with E-state index in [0.717, 1.165) is 30.3 Å². The summed E-state index contributed by atoms with van der Waals surface area (Å²) >= 11 is 0. The minimum atomic E-state index is -0.935. The van der Waals surface area contributed by atoms with Crippen LogP contribution in [-0.4, -0.2) is 23.8 Å². The zero-order chi connectivity index (χ0) is 30.9. The highest BCUT2D eigenvalue weighted by Crippen LogP contribution is 2.92. The van der Waals surface area contributed by atoms with E-state index < -0.39 is 5.97 Å². The van der Waals surface area contributed by atoms with Crippen molar-refractivity contribution in [3.63, 3.8) is 0 Å². The molecule has 10 atom stereocenters. The van der Waals surface area contributed by atoms with E-state index in [1.165, 1.54) is 84.0 Å². The van der Waals surface area contributed by atoms with Crippen molar-refractivity contribution in [1.82, 2.24) is 0 Å². The average Bonchev–Trinajstić information content (AvgIpc) is 2.92. The molecule has 1 heterocycles. The largest absolute Gasteiger partial charge is 0.478 e. The van der Waals surface area contributed by atoms with Crippen LogP contribution in [0.2, 0.25) is 0 Å². The van der Waals surface area contributed by atoms with Gasteiger partial charge in [0.15, 0.2) is 0 Å². The maximum atomic E-state index is 9.60. The molecule has 9 saturated carbocycles. The predicted molar refractivity (Wildman–Crippen MR) is 172 cm³/mol. The van der Waals surface area contributed by atoms with Crippen LogP contribution in [0.3, 0.4) is 0 Å². The van der Waals surface area contributed by atoms with E-state index >= 15 is 0 Å². The fraction of sp³-hybridized carbons (Fsp3) is 0.923. The molecule has 10 rings (SSSR count). The second-order valence-electron chi connectivity index (χ2n) is 19.1. The summed E-state index contributed by atoms with van der Waals surface area (Å²) in [5, 5.41) is 7.89. The molecule has 6 bridgehead atoms. The molecule has 10 aliphatic rings. The Morgan fingerprint density at radius 1 is 0.762 bits per heavy atom. The number of carbonyl (C=O) groups is 1. The molecule has 1 aliphatic heterocycles. The Morgan fingerprint density at radius 2 is 1.33 bits per heavy atom. The number of hydrogen-bond donors (Lipinski definition) is 1. The van der Waals surface area contributed by atoms with Gasteiger partial charge in [0.25, 0.3) is 0 Å². The van der Waals surface area contributed by atoms with Crippen LogP contribution in [-0.2, 0) is 9.53 Å². The van der Waals surface area contributed by atoms with Gasteiger partial charge in [-0.3, -0.25) is 0 Å². The van der Waals surface area contributed by atoms with Crippen LogP contribution in [0.5, 0.6) is 0 Å². The zero-order valence-corrected chi connectivity index (χ0v) is 29.0. The maximum Gasteiger partial charge on any atom is 0.330 e. The van der Waals surface area contributed by atoms with E-state index in [1.807, 2.05) is 0 Å². The molecule has 9 aliphatic carbocycles. The van der Waals surface area contributed by atoms with Crippen molar-refractivity contribution in [3.8, 4) is 0 Å². The lowest BCUT2D eigenvalue weighted by atomic mass is 9.15. The minimum absolute atomic E-state index is 0.176. The molecule has 0 radical (unpaired) electrons. The summed E-state index contributed by atoms with van der Waals surface area (Å²) in [4.78, 5) is 9.60. The van der Waals surface area contributed by atoms with Gasteiger partial charge in [-0.1, -0.05) is 68.9 Å². The first-order valence-corrected chi connectivity index (χ1v) is 17.8. The molecule has 1 N–H and O–H groups in total. The van der Waals surface area contributed by atoms with Crippen LogP contribution in [0.25, 0.3) is 0 Å². The van der Waals surface area contributed by atoms with Gasteiger partial charge in [0.05, 0.1) is 6.10 Å². The second kappa shape index (κ2) is 9.13. The molecule has 0 spiro atoms. The molecule has 0 aromatic heterocycles. The maximum absolute atomic E-state index is 9.60. The van der Waals surface area contributed by atoms with E-state index in [-0.39, 0.29) is 5.57 Å². The summed E-state index contributed by atoms with van der Waals surface area (Å²) in [6, 6.07) is 0. The molecule has 0 amide bonds. The highest BCUT2D eigenvalue weighted by molar-refractivity contribution is 5.84. The van der Waals surface area contributed by atoms with E-state index in [4.69, 9.17) is 9.84 Å². The number of carboxylic acids is 1. The first-order valence-electron chi connectivity index (χ1n) is 17.8. The predicted octanol–water partition coefficient (Wildman–Crippen LogP) is 10.3. The van der Waals surface area contributed by atoms with Crippen molar-refractivity contribution in [3.05, 3.63) is 12.2 Å². The summed E-state index contributed by atoms with van der Waals surface area (Å²) in [6.07, 6.45) is 17.8. The van der Waals surface area contributed by atoms with Gasteiger partial charge in [0.1, 0.15) is 0 Å². The molecule has 10 unspecified atom stereocenters. The quantitative estimate of drug-likeness (QED) is 0.337. The molecule has 0 aromatic carbocycles. The van der Waals surface area contributed by atoms with Gasteiger partial charge in [0, 0.05) is 17.6 Å². The van der Waals surface area contributed by atoms with Gasteiger partial charge in [-0.15, -0.1) is 0 Å². The van der Waals surface area contributed by atoms with E-state index in [9.17, 15) is 4.79 Å². The Kier molecular flexibility index (Phi) is 6.77. The van der Waals surface area contributed by atoms with Crippen molar-refractivity contribution < 1.29 is 14.6 Å². The lowest BCUT2D eigenvalue weighted by Gasteiger charge is -2.89. The summed E-state index contributed by atoms with van der Waals surface area (Å²) in [7, 11) is 0. The van der Waals surface area contributed by atoms with Crippen LogP contribution in [0, 0.1) is 67.0 Å². The Balaban J connectivity index is 0.000000479. The molecule has 238 valence electrons. The molecule has 42 heavy (non-hydrogen) atoms. The normalized spacial score (nSPS) is 52.3. The third kappa shape index (κ3) is 3.22. The summed E-state index contributed by atoms with van der Waals surface area (Å²) in [6.45, 7) is 30.4. The number of fused-ring (bicyclic) bond motifs is 7. The molecular formula is C39H64O3. The number of hydrogen-bond acceptors (Lipinski definition) is 2. The summed E-state index contributed by atoms with van der Waals surface area (Å²) in [5.41, 5.74) is 3.59. The Labute approximate surface area is 258 Å². The first kappa shape index (κ1) is 31.2. The lowest BCUT2D eigenvalue weighted by Crippen LogP contribution is -2.84. The third-order valence-corrected chi connectivity index (χ3v) is 17.9. The van der Waals surface area contributed by atoms with Gasteiger partial charge in [-0.25, -0.2) is 4.79 Å². The van der Waals surface area contributed by atoms with E-state index in [2.05, 4.69) is 68.9 Å². The van der Waals surface area contributed by atoms with Crippen molar-refractivity contribution in [1.29, 1.82) is 0 Å². The minimum Gasteiger partial charge on any atom is -0.478 e. The van der Waals surface area contributed by atoms with E-state index in [0.29, 0.717) is 49.4 Å². The van der Waals surface area contributed by atoms with Gasteiger partial charge < -0.3 is 9.84 Å². The number of rotatable bonds is 4. The van der Waals surface area contributed by atoms with Gasteiger partial charge in [-0.05, 0) is 146 Å². The first-order chi connectivity index (χ1) is 19.3. The van der Waals surface area contributed by atoms with Crippen LogP contribution in [0.4, 0.5) is 0 Å². The van der Waals surface area contributed by atoms with Gasteiger partial charge >= 0.3 is 5.97 Å². The molecule has 0 aromatic rings. The third-order valence-electron chi connectivity index (χ3n) is 17.9. The number of aliphatic carboxylic acids is 1. The van der Waals surface area contributed by atoms with Gasteiger partial charge in [0.2, 0.25) is 0 Å². The lowest BCUT2D eigenvalue weighted by molar-refractivity contribution is -0.425. The van der Waals surface area contributed by atoms with Crippen LogP contribution < -0.4 is 0 Å². The number of ether oxygens (including phenoxy) is 1. The van der Waals surface area contributed by atoms with E-state index in [1.54, 1.807) is 0 Å². The molecule has 3 nitrogen and oxygen atoms in total. The SMILES string of the molecule is C=C(C)C(=O)O.CC1(C)C2CCC(C)(C3(C)CCC4CC3(C3(C)CCC5CC3(C3CCCCO3)C5(C)C)C4(C)C)C1C2. The van der Waals surface area contributed by atoms with Crippen LogP contribution in [0.15, 0.2) is 12.2 Å². The summed E-state index contributed by atoms with van der Waals surface area (Å²) < 4.78 is 6.91. The smallest absolute Gasteiger partial charge is 0.330 e. The van der Waals surface area contributed by atoms with Crippen molar-refractivity contribution in [2.45, 2.75) is 152 Å². The molecule has 10 fully saturated rings. The fourth-order valence-corrected chi connectivity index (χ4v) is 15.2. The van der Waals surface area contributed by atoms with Gasteiger partial charge in [-0.2, -0.15) is 0 Å². The highest BCUT2D eigenvalue weighted by Gasteiger charge is 2.87. The Bertz CT molecular complexity index is 1130. The fourth-order valence-electron chi connectivity index (χ4n) is 15.2. The van der Waals surface area contributed by atoms with Crippen LogP contribution >= 0.6 is 0 Å². The van der Waals surface area contributed by atoms with Crippen molar-refractivity contribution >= 4 is 5.97 Å².